The van der Waals surface area contributed by atoms with Gasteiger partial charge in [0.15, 0.2) is 0 Å². The summed E-state index contributed by atoms with van der Waals surface area (Å²) in [4.78, 5) is 25.3. The number of nitrogens with zero attached hydrogens (tertiary/aromatic N) is 1. The molecule has 1 saturated carbocycles. The second kappa shape index (κ2) is 6.13. The van der Waals surface area contributed by atoms with E-state index in [4.69, 9.17) is 23.1 Å². The van der Waals surface area contributed by atoms with Gasteiger partial charge < -0.3 is 16.4 Å². The Hall–Kier alpha value is -1.75. The first kappa shape index (κ1) is 14.7. The van der Waals surface area contributed by atoms with Crippen LogP contribution in [0.5, 0.6) is 0 Å². The molecule has 1 fully saturated rings. The number of hydrogen-bond acceptors (Lipinski definition) is 3. The number of carbonyl (C=O) groups is 2. The summed E-state index contributed by atoms with van der Waals surface area (Å²) in [6, 6.07) is 4.81. The zero-order valence-electron chi connectivity index (χ0n) is 11.1. The molecule has 2 rings (SSSR count). The van der Waals surface area contributed by atoms with Crippen molar-refractivity contribution < 1.29 is 9.59 Å². The molecule has 4 N–H and O–H groups in total. The number of anilines is 1. The van der Waals surface area contributed by atoms with Crippen LogP contribution in [0.3, 0.4) is 0 Å². The van der Waals surface area contributed by atoms with Crippen LogP contribution in [0.2, 0.25) is 5.02 Å². The minimum absolute atomic E-state index is 0.0640. The zero-order chi connectivity index (χ0) is 14.7. The molecule has 2 amide bonds. The molecule has 0 aromatic heterocycles. The number of hydrogen-bond donors (Lipinski definition) is 2. The fourth-order valence-electron chi connectivity index (χ4n) is 2.58. The quantitative estimate of drug-likeness (QED) is 0.830. The fraction of sp³-hybridized carbons (Fsp3) is 0.429. The molecule has 0 saturated heterocycles. The average Bonchev–Trinajstić information content (AvgIpc) is 2.92. The topological polar surface area (TPSA) is 89.4 Å². The Morgan fingerprint density at radius 2 is 1.95 bits per heavy atom. The smallest absolute Gasteiger partial charge is 0.254 e. The van der Waals surface area contributed by atoms with Crippen molar-refractivity contribution in [2.75, 3.05) is 12.3 Å². The normalized spacial score (nSPS) is 15.2. The van der Waals surface area contributed by atoms with E-state index in [1.165, 1.54) is 6.07 Å². The number of carbonyl (C=O) groups excluding carboxylic acids is 2. The van der Waals surface area contributed by atoms with E-state index in [0.29, 0.717) is 16.3 Å². The lowest BCUT2D eigenvalue weighted by Crippen LogP contribution is -2.44. The number of nitrogens with two attached hydrogens (primary N) is 2. The fourth-order valence-corrected chi connectivity index (χ4v) is 2.76. The first-order chi connectivity index (χ1) is 9.49. The molecule has 0 unspecified atom stereocenters. The summed E-state index contributed by atoms with van der Waals surface area (Å²) in [5.74, 6) is -0.732. The summed E-state index contributed by atoms with van der Waals surface area (Å²) in [6.07, 6.45) is 3.94. The molecule has 1 aromatic rings. The van der Waals surface area contributed by atoms with Gasteiger partial charge >= 0.3 is 0 Å². The van der Waals surface area contributed by atoms with Crippen molar-refractivity contribution in [3.8, 4) is 0 Å². The van der Waals surface area contributed by atoms with E-state index >= 15 is 0 Å². The predicted octanol–water partition coefficient (Wildman–Crippen LogP) is 1.79. The van der Waals surface area contributed by atoms with Crippen molar-refractivity contribution in [3.63, 3.8) is 0 Å². The van der Waals surface area contributed by atoms with Gasteiger partial charge in [-0.05, 0) is 31.0 Å². The van der Waals surface area contributed by atoms with Crippen molar-refractivity contribution >= 4 is 29.1 Å². The molecule has 0 atom stereocenters. The van der Waals surface area contributed by atoms with Crippen LogP contribution in [0.25, 0.3) is 0 Å². The standard InChI is InChI=1S/C14H18ClN3O2/c15-11-7-9(5-6-12(11)16)14(20)18(8-13(17)19)10-3-1-2-4-10/h5-7,10H,1-4,8,16H2,(H2,17,19). The van der Waals surface area contributed by atoms with Gasteiger partial charge in [-0.25, -0.2) is 0 Å². The van der Waals surface area contributed by atoms with Crippen LogP contribution in [-0.2, 0) is 4.79 Å². The van der Waals surface area contributed by atoms with Crippen LogP contribution in [0, 0.1) is 0 Å². The number of halogens is 1. The van der Waals surface area contributed by atoms with Gasteiger partial charge in [0, 0.05) is 11.6 Å². The van der Waals surface area contributed by atoms with E-state index in [9.17, 15) is 9.59 Å². The lowest BCUT2D eigenvalue weighted by Gasteiger charge is -2.28. The van der Waals surface area contributed by atoms with E-state index in [-0.39, 0.29) is 18.5 Å². The minimum atomic E-state index is -0.508. The van der Waals surface area contributed by atoms with Crippen molar-refractivity contribution in [1.82, 2.24) is 4.90 Å². The maximum Gasteiger partial charge on any atom is 0.254 e. The first-order valence-corrected chi connectivity index (χ1v) is 7.01. The van der Waals surface area contributed by atoms with E-state index in [1.54, 1.807) is 17.0 Å². The predicted molar refractivity (Wildman–Crippen MR) is 78.4 cm³/mol. The van der Waals surface area contributed by atoms with Gasteiger partial charge in [0.05, 0.1) is 17.3 Å². The van der Waals surface area contributed by atoms with Crippen molar-refractivity contribution in [1.29, 1.82) is 0 Å². The van der Waals surface area contributed by atoms with E-state index in [1.807, 2.05) is 0 Å². The summed E-state index contributed by atoms with van der Waals surface area (Å²) in [5.41, 5.74) is 11.7. The Morgan fingerprint density at radius 3 is 2.50 bits per heavy atom. The van der Waals surface area contributed by atoms with Gasteiger partial charge in [0.25, 0.3) is 5.91 Å². The number of nitrogen functional groups attached to an aromatic ring is 1. The second-order valence-corrected chi connectivity index (χ2v) is 5.48. The van der Waals surface area contributed by atoms with Gasteiger partial charge in [0.1, 0.15) is 0 Å². The lowest BCUT2D eigenvalue weighted by atomic mass is 10.1. The third kappa shape index (κ3) is 3.22. The summed E-state index contributed by atoms with van der Waals surface area (Å²) in [6.45, 7) is -0.0640. The van der Waals surface area contributed by atoms with Gasteiger partial charge in [-0.3, -0.25) is 9.59 Å². The van der Waals surface area contributed by atoms with Crippen LogP contribution in [-0.4, -0.2) is 29.3 Å². The molecule has 5 nitrogen and oxygen atoms in total. The van der Waals surface area contributed by atoms with Crippen LogP contribution >= 0.6 is 11.6 Å². The average molecular weight is 296 g/mol. The molecular weight excluding hydrogens is 278 g/mol. The molecule has 6 heteroatoms. The molecule has 0 bridgehead atoms. The highest BCUT2D eigenvalue weighted by atomic mass is 35.5. The largest absolute Gasteiger partial charge is 0.398 e. The lowest BCUT2D eigenvalue weighted by molar-refractivity contribution is -0.119. The van der Waals surface area contributed by atoms with Gasteiger partial charge in [-0.15, -0.1) is 0 Å². The number of primary amides is 1. The molecular formula is C14H18ClN3O2. The third-order valence-electron chi connectivity index (χ3n) is 3.60. The molecule has 1 aromatic carbocycles. The summed E-state index contributed by atoms with van der Waals surface area (Å²) < 4.78 is 0. The van der Waals surface area contributed by atoms with Crippen LogP contribution in [0.1, 0.15) is 36.0 Å². The van der Waals surface area contributed by atoms with E-state index < -0.39 is 5.91 Å². The molecule has 0 aliphatic heterocycles. The molecule has 0 radical (unpaired) electrons. The highest BCUT2D eigenvalue weighted by molar-refractivity contribution is 6.33. The Bertz CT molecular complexity index is 527. The SMILES string of the molecule is NC(=O)CN(C(=O)c1ccc(N)c(Cl)c1)C1CCCC1. The molecule has 0 spiro atoms. The number of benzene rings is 1. The Labute approximate surface area is 122 Å². The van der Waals surface area contributed by atoms with Crippen LogP contribution < -0.4 is 11.5 Å². The van der Waals surface area contributed by atoms with Crippen molar-refractivity contribution in [2.24, 2.45) is 5.73 Å². The van der Waals surface area contributed by atoms with Crippen molar-refractivity contribution in [3.05, 3.63) is 28.8 Å². The molecule has 1 aliphatic rings. The van der Waals surface area contributed by atoms with Crippen LogP contribution in [0.15, 0.2) is 18.2 Å². The summed E-state index contributed by atoms with van der Waals surface area (Å²) in [5, 5.41) is 0.335. The summed E-state index contributed by atoms with van der Waals surface area (Å²) in [7, 11) is 0. The molecule has 108 valence electrons. The minimum Gasteiger partial charge on any atom is -0.398 e. The Kier molecular flexibility index (Phi) is 4.49. The second-order valence-electron chi connectivity index (χ2n) is 5.07. The van der Waals surface area contributed by atoms with Gasteiger partial charge in [-0.1, -0.05) is 24.4 Å². The van der Waals surface area contributed by atoms with E-state index in [2.05, 4.69) is 0 Å². The first-order valence-electron chi connectivity index (χ1n) is 6.63. The van der Waals surface area contributed by atoms with Gasteiger partial charge in [-0.2, -0.15) is 0 Å². The third-order valence-corrected chi connectivity index (χ3v) is 3.93. The van der Waals surface area contributed by atoms with Crippen LogP contribution in [0.4, 0.5) is 5.69 Å². The highest BCUT2D eigenvalue weighted by Gasteiger charge is 2.28. The maximum absolute atomic E-state index is 12.5. The molecule has 20 heavy (non-hydrogen) atoms. The highest BCUT2D eigenvalue weighted by Crippen LogP contribution is 2.26. The summed E-state index contributed by atoms with van der Waals surface area (Å²) >= 11 is 5.94. The van der Waals surface area contributed by atoms with Gasteiger partial charge in [0.2, 0.25) is 5.91 Å². The zero-order valence-corrected chi connectivity index (χ0v) is 11.9. The van der Waals surface area contributed by atoms with Crippen molar-refractivity contribution in [2.45, 2.75) is 31.7 Å². The Morgan fingerprint density at radius 1 is 1.30 bits per heavy atom. The monoisotopic (exact) mass is 295 g/mol. The van der Waals surface area contributed by atoms with E-state index in [0.717, 1.165) is 25.7 Å². The number of rotatable bonds is 4. The molecule has 0 heterocycles. The Balaban J connectivity index is 2.24. The molecule has 1 aliphatic carbocycles. The maximum atomic E-state index is 12.5. The number of amides is 2.